The molecule has 1 aliphatic rings. The molecule has 1 saturated heterocycles. The van der Waals surface area contributed by atoms with E-state index in [9.17, 15) is 9.59 Å². The number of nitrogens with zero attached hydrogens (tertiary/aromatic N) is 5. The van der Waals surface area contributed by atoms with Crippen molar-refractivity contribution in [1.82, 2.24) is 23.1 Å². The molecule has 1 aliphatic heterocycles. The average molecular weight is 436 g/mol. The van der Waals surface area contributed by atoms with Gasteiger partial charge in [0.2, 0.25) is 5.78 Å². The Hall–Kier alpha value is -3.13. The first-order valence-corrected chi connectivity index (χ1v) is 11.3. The van der Waals surface area contributed by atoms with Crippen LogP contribution in [0.4, 0.5) is 0 Å². The van der Waals surface area contributed by atoms with Gasteiger partial charge < -0.3 is 9.30 Å². The molecule has 0 saturated carbocycles. The quantitative estimate of drug-likeness (QED) is 0.467. The van der Waals surface area contributed by atoms with E-state index >= 15 is 0 Å². The van der Waals surface area contributed by atoms with Crippen LogP contribution in [0.2, 0.25) is 0 Å². The second-order valence-corrected chi connectivity index (χ2v) is 8.72. The number of benzene rings is 1. The summed E-state index contributed by atoms with van der Waals surface area (Å²) in [6.07, 6.45) is 3.77. The molecular weight excluding hydrogens is 406 g/mol. The Balaban J connectivity index is 1.59. The molecule has 0 bridgehead atoms. The van der Waals surface area contributed by atoms with Crippen LogP contribution in [0, 0.1) is 13.8 Å². The molecular formula is C24H29N5O3. The zero-order valence-electron chi connectivity index (χ0n) is 18.9. The van der Waals surface area contributed by atoms with Gasteiger partial charge >= 0.3 is 5.69 Å². The maximum absolute atomic E-state index is 13.5. The number of hydrogen-bond donors (Lipinski definition) is 0. The Morgan fingerprint density at radius 1 is 1.09 bits per heavy atom. The Labute approximate surface area is 185 Å². The molecule has 32 heavy (non-hydrogen) atoms. The predicted molar refractivity (Wildman–Crippen MR) is 123 cm³/mol. The van der Waals surface area contributed by atoms with Gasteiger partial charge in [-0.05, 0) is 45.1 Å². The molecule has 3 aromatic heterocycles. The van der Waals surface area contributed by atoms with E-state index in [-0.39, 0.29) is 17.4 Å². The fourth-order valence-electron chi connectivity index (χ4n) is 4.81. The summed E-state index contributed by atoms with van der Waals surface area (Å²) in [6.45, 7) is 5.91. The molecule has 8 nitrogen and oxygen atoms in total. The average Bonchev–Trinajstić information content (AvgIpc) is 3.50. The van der Waals surface area contributed by atoms with Crippen LogP contribution in [0.1, 0.15) is 36.2 Å². The first kappa shape index (κ1) is 20.8. The lowest BCUT2D eigenvalue weighted by molar-refractivity contribution is 0.0974. The molecule has 0 N–H and O–H groups in total. The Bertz CT molecular complexity index is 1400. The van der Waals surface area contributed by atoms with E-state index < -0.39 is 0 Å². The minimum absolute atomic E-state index is 0.155. The van der Waals surface area contributed by atoms with Crippen molar-refractivity contribution in [2.45, 2.75) is 58.7 Å². The second kappa shape index (κ2) is 8.09. The van der Waals surface area contributed by atoms with E-state index in [1.807, 2.05) is 36.4 Å². The largest absolute Gasteiger partial charge is 0.376 e. The molecule has 0 aliphatic carbocycles. The van der Waals surface area contributed by atoms with Crippen molar-refractivity contribution in [3.05, 3.63) is 68.1 Å². The number of ether oxygens (including phenoxy) is 1. The van der Waals surface area contributed by atoms with E-state index in [0.29, 0.717) is 36.5 Å². The van der Waals surface area contributed by atoms with Crippen molar-refractivity contribution in [2.75, 3.05) is 6.61 Å². The van der Waals surface area contributed by atoms with Gasteiger partial charge in [0.25, 0.3) is 5.56 Å². The van der Waals surface area contributed by atoms with Crippen molar-refractivity contribution in [2.24, 2.45) is 7.05 Å². The first-order valence-electron chi connectivity index (χ1n) is 11.3. The lowest BCUT2D eigenvalue weighted by Crippen LogP contribution is -2.39. The van der Waals surface area contributed by atoms with E-state index in [0.717, 1.165) is 37.3 Å². The molecule has 1 aromatic carbocycles. The number of aromatic nitrogens is 5. The van der Waals surface area contributed by atoms with E-state index in [1.165, 1.54) is 14.7 Å². The number of hydrogen-bond acceptors (Lipinski definition) is 4. The molecule has 0 spiro atoms. The van der Waals surface area contributed by atoms with E-state index in [1.54, 1.807) is 7.05 Å². The molecule has 168 valence electrons. The Kier molecular flexibility index (Phi) is 5.25. The zero-order chi connectivity index (χ0) is 22.4. The highest BCUT2D eigenvalue weighted by Crippen LogP contribution is 2.23. The molecule has 1 atom stereocenters. The van der Waals surface area contributed by atoms with Gasteiger partial charge in [-0.15, -0.1) is 0 Å². The van der Waals surface area contributed by atoms with Gasteiger partial charge in [-0.2, -0.15) is 4.98 Å². The number of rotatable bonds is 6. The first-order chi connectivity index (χ1) is 15.5. The molecule has 1 fully saturated rings. The van der Waals surface area contributed by atoms with Crippen molar-refractivity contribution < 1.29 is 4.74 Å². The van der Waals surface area contributed by atoms with Crippen LogP contribution in [-0.4, -0.2) is 35.8 Å². The SMILES string of the molecule is Cc1c(C)n2c3c(=O)n(CCCc4ccccc4)c(=O)n(C)c3nc2n1C[C@H]1CCCO1. The van der Waals surface area contributed by atoms with Gasteiger partial charge in [-0.25, -0.2) is 4.79 Å². The normalized spacial score (nSPS) is 16.5. The molecule has 4 heterocycles. The lowest BCUT2D eigenvalue weighted by atomic mass is 10.1. The zero-order valence-corrected chi connectivity index (χ0v) is 18.9. The Morgan fingerprint density at radius 3 is 2.59 bits per heavy atom. The molecule has 0 unspecified atom stereocenters. The van der Waals surface area contributed by atoms with Crippen LogP contribution in [0.25, 0.3) is 16.9 Å². The molecule has 0 radical (unpaired) electrons. The molecule has 8 heteroatoms. The fourth-order valence-corrected chi connectivity index (χ4v) is 4.81. The standard InChI is InChI=1S/C24H29N5O3/c1-16-17(2)29-20-21(25-23(29)28(16)15-19-12-8-14-32-19)26(3)24(31)27(22(20)30)13-7-11-18-9-5-4-6-10-18/h4-6,9-10,19H,7-8,11-15H2,1-3H3/t19-/m1/s1. The summed E-state index contributed by atoms with van der Waals surface area (Å²) in [7, 11) is 1.69. The topological polar surface area (TPSA) is 75.5 Å². The highest BCUT2D eigenvalue weighted by Gasteiger charge is 2.25. The van der Waals surface area contributed by atoms with Crippen molar-refractivity contribution in [1.29, 1.82) is 0 Å². The van der Waals surface area contributed by atoms with Crippen LogP contribution in [0.3, 0.4) is 0 Å². The van der Waals surface area contributed by atoms with Crippen LogP contribution in [0.5, 0.6) is 0 Å². The summed E-state index contributed by atoms with van der Waals surface area (Å²) in [5, 5.41) is 0. The van der Waals surface area contributed by atoms with Gasteiger partial charge in [0.1, 0.15) is 0 Å². The van der Waals surface area contributed by atoms with Crippen molar-refractivity contribution >= 4 is 16.9 Å². The van der Waals surface area contributed by atoms with E-state index in [4.69, 9.17) is 9.72 Å². The van der Waals surface area contributed by atoms with Gasteiger partial charge in [0, 0.05) is 31.6 Å². The maximum Gasteiger partial charge on any atom is 0.332 e. The van der Waals surface area contributed by atoms with Crippen LogP contribution >= 0.6 is 0 Å². The molecule has 4 aromatic rings. The van der Waals surface area contributed by atoms with Crippen molar-refractivity contribution in [3.8, 4) is 0 Å². The summed E-state index contributed by atoms with van der Waals surface area (Å²) >= 11 is 0. The second-order valence-electron chi connectivity index (χ2n) is 8.72. The predicted octanol–water partition coefficient (Wildman–Crippen LogP) is 2.58. The summed E-state index contributed by atoms with van der Waals surface area (Å²) in [5.74, 6) is 0.694. The van der Waals surface area contributed by atoms with Gasteiger partial charge in [-0.1, -0.05) is 30.3 Å². The van der Waals surface area contributed by atoms with Crippen molar-refractivity contribution in [3.63, 3.8) is 0 Å². The summed E-state index contributed by atoms with van der Waals surface area (Å²) in [6, 6.07) is 10.1. The molecule has 0 amide bonds. The number of imidazole rings is 2. The van der Waals surface area contributed by atoms with Crippen LogP contribution in [0.15, 0.2) is 39.9 Å². The van der Waals surface area contributed by atoms with Gasteiger partial charge in [0.15, 0.2) is 11.2 Å². The van der Waals surface area contributed by atoms with Crippen LogP contribution < -0.4 is 11.2 Å². The van der Waals surface area contributed by atoms with Gasteiger partial charge in [0.05, 0.1) is 12.6 Å². The fraction of sp³-hybridized carbons (Fsp3) is 0.458. The lowest BCUT2D eigenvalue weighted by Gasteiger charge is -2.12. The number of fused-ring (bicyclic) bond motifs is 3. The third-order valence-corrected chi connectivity index (χ3v) is 6.73. The van der Waals surface area contributed by atoms with E-state index in [2.05, 4.69) is 16.7 Å². The van der Waals surface area contributed by atoms with Crippen LogP contribution in [-0.2, 0) is 31.3 Å². The highest BCUT2D eigenvalue weighted by atomic mass is 16.5. The monoisotopic (exact) mass is 435 g/mol. The summed E-state index contributed by atoms with van der Waals surface area (Å²) in [5.41, 5.74) is 3.52. The van der Waals surface area contributed by atoms with Gasteiger partial charge in [-0.3, -0.25) is 18.3 Å². The highest BCUT2D eigenvalue weighted by molar-refractivity contribution is 5.76. The third kappa shape index (κ3) is 3.30. The minimum Gasteiger partial charge on any atom is -0.376 e. The smallest absolute Gasteiger partial charge is 0.332 e. The third-order valence-electron chi connectivity index (χ3n) is 6.73. The minimum atomic E-state index is -0.323. The summed E-state index contributed by atoms with van der Waals surface area (Å²) in [4.78, 5) is 31.3. The molecule has 5 rings (SSSR count). The maximum atomic E-state index is 13.5. The number of aryl methyl sites for hydroxylation is 3. The Morgan fingerprint density at radius 2 is 1.88 bits per heavy atom. The summed E-state index contributed by atoms with van der Waals surface area (Å²) < 4.78 is 12.7.